The van der Waals surface area contributed by atoms with Gasteiger partial charge in [0.2, 0.25) is 0 Å². The minimum atomic E-state index is -3.80. The number of benzene rings is 2. The monoisotopic (exact) mass is 380 g/mol. The Morgan fingerprint density at radius 1 is 1.23 bits per heavy atom. The second-order valence-corrected chi connectivity index (χ2v) is 7.26. The van der Waals surface area contributed by atoms with E-state index in [1.54, 1.807) is 30.3 Å². The van der Waals surface area contributed by atoms with E-state index in [0.29, 0.717) is 27.9 Å². The molecular weight excluding hydrogens is 368 g/mol. The van der Waals surface area contributed by atoms with E-state index < -0.39 is 10.0 Å². The van der Waals surface area contributed by atoms with E-state index in [0.717, 1.165) is 0 Å². The minimum absolute atomic E-state index is 0.104. The zero-order chi connectivity index (χ0) is 15.7. The summed E-state index contributed by atoms with van der Waals surface area (Å²) in [6, 6.07) is 12.0. The molecule has 0 spiro atoms. The number of ether oxygens (including phenoxy) is 1. The molecule has 0 radical (unpaired) electrons. The summed E-state index contributed by atoms with van der Waals surface area (Å²) in [6.07, 6.45) is 1.32. The van der Waals surface area contributed by atoms with Crippen molar-refractivity contribution >= 4 is 37.0 Å². The predicted octanol–water partition coefficient (Wildman–Crippen LogP) is 3.43. The summed E-state index contributed by atoms with van der Waals surface area (Å²) in [6.45, 7) is 2.19. The molecular formula is C15H13BrN2O3S. The van der Waals surface area contributed by atoms with Crippen LogP contribution in [-0.4, -0.2) is 24.0 Å². The maximum absolute atomic E-state index is 13.0. The third-order valence-electron chi connectivity index (χ3n) is 3.16. The van der Waals surface area contributed by atoms with Crippen LogP contribution in [0.5, 0.6) is 5.75 Å². The molecule has 3 aromatic rings. The van der Waals surface area contributed by atoms with Crippen molar-refractivity contribution < 1.29 is 13.2 Å². The van der Waals surface area contributed by atoms with Gasteiger partial charge in [0.25, 0.3) is 10.0 Å². The van der Waals surface area contributed by atoms with Gasteiger partial charge in [-0.3, -0.25) is 0 Å². The lowest BCUT2D eigenvalue weighted by Crippen LogP contribution is -2.13. The van der Waals surface area contributed by atoms with E-state index in [-0.39, 0.29) is 4.90 Å². The molecule has 22 heavy (non-hydrogen) atoms. The van der Waals surface area contributed by atoms with Gasteiger partial charge in [0.15, 0.2) is 0 Å². The van der Waals surface area contributed by atoms with Gasteiger partial charge in [-0.15, -0.1) is 0 Å². The highest BCUT2D eigenvalue weighted by molar-refractivity contribution is 9.10. The number of aromatic nitrogens is 2. The maximum Gasteiger partial charge on any atom is 0.273 e. The number of fused-ring (bicyclic) bond motifs is 1. The van der Waals surface area contributed by atoms with Crippen LogP contribution >= 0.6 is 15.9 Å². The fourth-order valence-corrected chi connectivity index (χ4v) is 4.16. The molecule has 2 aromatic carbocycles. The van der Waals surface area contributed by atoms with E-state index in [1.165, 1.54) is 16.4 Å². The molecule has 0 aliphatic carbocycles. The highest BCUT2D eigenvalue weighted by atomic mass is 79.9. The summed E-state index contributed by atoms with van der Waals surface area (Å²) in [5, 5.41) is 0. The Bertz CT molecular complexity index is 935. The number of para-hydroxylation sites is 2. The molecule has 0 fully saturated rings. The zero-order valence-corrected chi connectivity index (χ0v) is 14.1. The Balaban J connectivity index is 2.24. The fourth-order valence-electron chi connectivity index (χ4n) is 2.19. The standard InChI is InChI=1S/C15H13BrN2O3S/c1-2-21-14-8-7-11(16)9-15(14)22(19,20)18-10-17-12-5-3-4-6-13(12)18/h3-10H,2H2,1H3. The van der Waals surface area contributed by atoms with E-state index in [2.05, 4.69) is 20.9 Å². The van der Waals surface area contributed by atoms with Gasteiger partial charge >= 0.3 is 0 Å². The lowest BCUT2D eigenvalue weighted by atomic mass is 10.3. The molecule has 7 heteroatoms. The molecule has 0 aliphatic rings. The first kappa shape index (κ1) is 15.1. The van der Waals surface area contributed by atoms with Crippen LogP contribution < -0.4 is 4.74 Å². The molecule has 0 unspecified atom stereocenters. The number of rotatable bonds is 4. The zero-order valence-electron chi connectivity index (χ0n) is 11.7. The first-order valence-corrected chi connectivity index (χ1v) is 8.87. The highest BCUT2D eigenvalue weighted by Gasteiger charge is 2.24. The predicted molar refractivity (Wildman–Crippen MR) is 87.6 cm³/mol. The topological polar surface area (TPSA) is 61.2 Å². The normalized spacial score (nSPS) is 11.7. The van der Waals surface area contributed by atoms with Gasteiger partial charge in [-0.25, -0.2) is 17.4 Å². The lowest BCUT2D eigenvalue weighted by molar-refractivity contribution is 0.331. The average Bonchev–Trinajstić information content (AvgIpc) is 2.94. The molecule has 0 amide bonds. The third-order valence-corrected chi connectivity index (χ3v) is 5.34. The second-order valence-electron chi connectivity index (χ2n) is 4.56. The van der Waals surface area contributed by atoms with Crippen LogP contribution in [0.1, 0.15) is 6.92 Å². The van der Waals surface area contributed by atoms with E-state index >= 15 is 0 Å². The summed E-state index contributed by atoms with van der Waals surface area (Å²) in [5.41, 5.74) is 1.16. The molecule has 3 rings (SSSR count). The summed E-state index contributed by atoms with van der Waals surface area (Å²) in [7, 11) is -3.80. The quantitative estimate of drug-likeness (QED) is 0.695. The number of imidazole rings is 1. The minimum Gasteiger partial charge on any atom is -0.492 e. The van der Waals surface area contributed by atoms with E-state index in [4.69, 9.17) is 4.74 Å². The molecule has 1 aromatic heterocycles. The van der Waals surface area contributed by atoms with Crippen LogP contribution in [0.2, 0.25) is 0 Å². The number of nitrogens with zero attached hydrogens (tertiary/aromatic N) is 2. The number of hydrogen-bond donors (Lipinski definition) is 0. The molecule has 0 N–H and O–H groups in total. The SMILES string of the molecule is CCOc1ccc(Br)cc1S(=O)(=O)n1cnc2ccccc21. The van der Waals surface area contributed by atoms with Gasteiger partial charge < -0.3 is 4.74 Å². The van der Waals surface area contributed by atoms with Crippen molar-refractivity contribution in [3.05, 3.63) is 53.3 Å². The summed E-state index contributed by atoms with van der Waals surface area (Å²) in [4.78, 5) is 4.24. The van der Waals surface area contributed by atoms with Crippen LogP contribution in [0, 0.1) is 0 Å². The van der Waals surface area contributed by atoms with Crippen LogP contribution in [0.4, 0.5) is 0 Å². The van der Waals surface area contributed by atoms with Crippen molar-refractivity contribution in [2.45, 2.75) is 11.8 Å². The first-order valence-electron chi connectivity index (χ1n) is 6.64. The molecule has 0 aliphatic heterocycles. The van der Waals surface area contributed by atoms with Gasteiger partial charge in [0.05, 0.1) is 17.6 Å². The molecule has 0 atom stereocenters. The molecule has 0 saturated carbocycles. The molecule has 5 nitrogen and oxygen atoms in total. The Morgan fingerprint density at radius 3 is 2.77 bits per heavy atom. The van der Waals surface area contributed by atoms with Crippen LogP contribution in [0.15, 0.2) is 58.2 Å². The summed E-state index contributed by atoms with van der Waals surface area (Å²) < 4.78 is 33.3. The fraction of sp³-hybridized carbons (Fsp3) is 0.133. The van der Waals surface area contributed by atoms with Crippen LogP contribution in [-0.2, 0) is 10.0 Å². The molecule has 114 valence electrons. The number of halogens is 1. The second kappa shape index (κ2) is 5.73. The van der Waals surface area contributed by atoms with Crippen molar-refractivity contribution in [2.75, 3.05) is 6.61 Å². The van der Waals surface area contributed by atoms with Gasteiger partial charge in [0, 0.05) is 4.47 Å². The molecule has 0 bridgehead atoms. The van der Waals surface area contributed by atoms with E-state index in [1.807, 2.05) is 13.0 Å². The smallest absolute Gasteiger partial charge is 0.273 e. The van der Waals surface area contributed by atoms with Gasteiger partial charge in [-0.05, 0) is 37.3 Å². The van der Waals surface area contributed by atoms with Crippen LogP contribution in [0.3, 0.4) is 0 Å². The Labute approximate surface area is 136 Å². The van der Waals surface area contributed by atoms with E-state index in [9.17, 15) is 8.42 Å². The molecule has 1 heterocycles. The average molecular weight is 381 g/mol. The number of hydrogen-bond acceptors (Lipinski definition) is 4. The van der Waals surface area contributed by atoms with Crippen molar-refractivity contribution in [3.63, 3.8) is 0 Å². The van der Waals surface area contributed by atoms with Crippen molar-refractivity contribution in [1.82, 2.24) is 8.96 Å². The third kappa shape index (κ3) is 2.50. The van der Waals surface area contributed by atoms with Crippen molar-refractivity contribution in [1.29, 1.82) is 0 Å². The van der Waals surface area contributed by atoms with Gasteiger partial charge in [0.1, 0.15) is 17.0 Å². The Kier molecular flexibility index (Phi) is 3.92. The first-order chi connectivity index (χ1) is 10.5. The largest absolute Gasteiger partial charge is 0.492 e. The maximum atomic E-state index is 13.0. The van der Waals surface area contributed by atoms with Crippen molar-refractivity contribution in [2.24, 2.45) is 0 Å². The molecule has 0 saturated heterocycles. The summed E-state index contributed by atoms with van der Waals surface area (Å²) >= 11 is 3.31. The Hall–Kier alpha value is -1.86. The van der Waals surface area contributed by atoms with Crippen molar-refractivity contribution in [3.8, 4) is 5.75 Å². The highest BCUT2D eigenvalue weighted by Crippen LogP contribution is 2.30. The van der Waals surface area contributed by atoms with Gasteiger partial charge in [-0.1, -0.05) is 28.1 Å². The Morgan fingerprint density at radius 2 is 2.00 bits per heavy atom. The summed E-state index contributed by atoms with van der Waals surface area (Å²) in [5.74, 6) is 0.323. The lowest BCUT2D eigenvalue weighted by Gasteiger charge is -2.12. The van der Waals surface area contributed by atoms with Gasteiger partial charge in [-0.2, -0.15) is 0 Å². The van der Waals surface area contributed by atoms with Crippen LogP contribution in [0.25, 0.3) is 11.0 Å².